The molecule has 1 aromatic carbocycles. The average Bonchev–Trinajstić information content (AvgIpc) is 3.07. The van der Waals surface area contributed by atoms with Crippen LogP contribution in [0.2, 0.25) is 0 Å². The van der Waals surface area contributed by atoms with Gasteiger partial charge in [0.05, 0.1) is 5.56 Å². The Morgan fingerprint density at radius 3 is 2.59 bits per heavy atom. The molecule has 1 heterocycles. The topological polar surface area (TPSA) is 99.4 Å². The lowest BCUT2D eigenvalue weighted by Crippen LogP contribution is -1.97. The number of aromatic hydroxyl groups is 2. The number of aromatic nitrogens is 2. The first kappa shape index (κ1) is 22.5. The van der Waals surface area contributed by atoms with Crippen LogP contribution in [0.4, 0.5) is 0 Å². The Morgan fingerprint density at radius 2 is 1.97 bits per heavy atom. The molecule has 0 amide bonds. The van der Waals surface area contributed by atoms with E-state index < -0.39 is 5.76 Å². The molecule has 0 unspecified atom stereocenters. The number of nitrogens with zero attached hydrogens (tertiary/aromatic N) is 1. The zero-order valence-electron chi connectivity index (χ0n) is 17.8. The van der Waals surface area contributed by atoms with E-state index in [2.05, 4.69) is 37.0 Å². The Morgan fingerprint density at radius 1 is 1.21 bits per heavy atom. The van der Waals surface area contributed by atoms with Crippen molar-refractivity contribution in [3.8, 4) is 23.0 Å². The van der Waals surface area contributed by atoms with Crippen molar-refractivity contribution in [3.05, 3.63) is 51.0 Å². The number of aromatic amines is 1. The molecule has 1 aromatic heterocycles. The second kappa shape index (κ2) is 10.7. The SMILES string of the molecule is CCCCCc1cc(O)c(C/C=C(\C)CCC=C(C)C)c(O)c1-c1n[nH]c(=O)o1. The molecule has 0 aliphatic rings. The van der Waals surface area contributed by atoms with Crippen molar-refractivity contribution in [2.75, 3.05) is 0 Å². The van der Waals surface area contributed by atoms with Crippen LogP contribution in [-0.2, 0) is 12.8 Å². The predicted molar refractivity (Wildman–Crippen MR) is 115 cm³/mol. The molecule has 2 aromatic rings. The maximum absolute atomic E-state index is 11.4. The number of phenols is 2. The zero-order chi connectivity index (χ0) is 21.4. The van der Waals surface area contributed by atoms with Crippen LogP contribution < -0.4 is 5.76 Å². The van der Waals surface area contributed by atoms with Crippen LogP contribution in [0.15, 0.2) is 38.6 Å². The summed E-state index contributed by atoms with van der Waals surface area (Å²) < 4.78 is 5.11. The van der Waals surface area contributed by atoms with E-state index in [9.17, 15) is 15.0 Å². The Kier molecular flexibility index (Phi) is 8.31. The molecular weight excluding hydrogens is 368 g/mol. The maximum Gasteiger partial charge on any atom is 0.434 e. The fourth-order valence-corrected chi connectivity index (χ4v) is 3.25. The van der Waals surface area contributed by atoms with Crippen molar-refractivity contribution in [2.24, 2.45) is 0 Å². The third-order valence-corrected chi connectivity index (χ3v) is 4.91. The van der Waals surface area contributed by atoms with Crippen LogP contribution in [0.3, 0.4) is 0 Å². The van der Waals surface area contributed by atoms with Gasteiger partial charge in [-0.3, -0.25) is 0 Å². The molecule has 6 nitrogen and oxygen atoms in total. The standard InChI is InChI=1S/C23H32N2O4/c1-5-6-7-11-17-14-19(26)18(13-12-16(4)10-8-9-15(2)3)21(27)20(17)22-24-25-23(28)29-22/h9,12,14,26-27H,5-8,10-11,13H2,1-4H3,(H,25,28)/b16-12+. The van der Waals surface area contributed by atoms with E-state index >= 15 is 0 Å². The van der Waals surface area contributed by atoms with Crippen molar-refractivity contribution in [1.29, 1.82) is 0 Å². The summed E-state index contributed by atoms with van der Waals surface area (Å²) in [6, 6.07) is 1.65. The lowest BCUT2D eigenvalue weighted by Gasteiger charge is -2.14. The second-order valence-corrected chi connectivity index (χ2v) is 7.71. The molecule has 3 N–H and O–H groups in total. The Bertz CT molecular complexity index is 931. The van der Waals surface area contributed by atoms with Crippen LogP contribution in [0.1, 0.15) is 70.9 Å². The Balaban J connectivity index is 2.35. The van der Waals surface area contributed by atoms with E-state index in [0.29, 0.717) is 24.0 Å². The molecule has 0 atom stereocenters. The van der Waals surface area contributed by atoms with Gasteiger partial charge in [0.2, 0.25) is 0 Å². The quantitative estimate of drug-likeness (QED) is 0.366. The first-order valence-electron chi connectivity index (χ1n) is 10.2. The molecular formula is C23H32N2O4. The Hall–Kier alpha value is -2.76. The number of phenolic OH excluding ortho intramolecular Hbond substituents is 2. The fraction of sp³-hybridized carbons (Fsp3) is 0.478. The van der Waals surface area contributed by atoms with Crippen molar-refractivity contribution < 1.29 is 14.6 Å². The fourth-order valence-electron chi connectivity index (χ4n) is 3.25. The minimum Gasteiger partial charge on any atom is -0.508 e. The Labute approximate surface area is 172 Å². The second-order valence-electron chi connectivity index (χ2n) is 7.71. The first-order chi connectivity index (χ1) is 13.8. The van der Waals surface area contributed by atoms with E-state index in [4.69, 9.17) is 4.42 Å². The van der Waals surface area contributed by atoms with Gasteiger partial charge in [-0.15, -0.1) is 5.10 Å². The molecule has 0 radical (unpaired) electrons. The lowest BCUT2D eigenvalue weighted by atomic mass is 9.94. The number of H-pyrrole nitrogens is 1. The van der Waals surface area contributed by atoms with Crippen molar-refractivity contribution >= 4 is 0 Å². The number of aryl methyl sites for hydroxylation is 1. The molecule has 6 heteroatoms. The number of unbranched alkanes of at least 4 members (excludes halogenated alkanes) is 2. The van der Waals surface area contributed by atoms with E-state index in [1.807, 2.05) is 13.0 Å². The molecule has 0 aliphatic carbocycles. The van der Waals surface area contributed by atoms with Gasteiger partial charge in [0, 0.05) is 5.56 Å². The van der Waals surface area contributed by atoms with Crippen LogP contribution >= 0.6 is 0 Å². The summed E-state index contributed by atoms with van der Waals surface area (Å²) in [6.07, 6.45) is 10.1. The van der Waals surface area contributed by atoms with Gasteiger partial charge in [-0.2, -0.15) is 0 Å². The van der Waals surface area contributed by atoms with Crippen LogP contribution in [0.5, 0.6) is 11.5 Å². The maximum atomic E-state index is 11.4. The molecule has 2 rings (SSSR count). The van der Waals surface area contributed by atoms with Crippen LogP contribution in [0, 0.1) is 0 Å². The zero-order valence-corrected chi connectivity index (χ0v) is 17.8. The monoisotopic (exact) mass is 400 g/mol. The number of hydrogen-bond donors (Lipinski definition) is 3. The van der Waals surface area contributed by atoms with Crippen molar-refractivity contribution in [1.82, 2.24) is 10.2 Å². The number of rotatable bonds is 10. The lowest BCUT2D eigenvalue weighted by molar-refractivity contribution is 0.437. The highest BCUT2D eigenvalue weighted by atomic mass is 16.4. The summed E-state index contributed by atoms with van der Waals surface area (Å²) in [7, 11) is 0. The van der Waals surface area contributed by atoms with Crippen LogP contribution in [-0.4, -0.2) is 20.4 Å². The van der Waals surface area contributed by atoms with Gasteiger partial charge in [0.1, 0.15) is 11.5 Å². The molecule has 0 spiro atoms. The van der Waals surface area contributed by atoms with Gasteiger partial charge in [-0.25, -0.2) is 9.89 Å². The molecule has 0 fully saturated rings. The number of hydrogen-bond acceptors (Lipinski definition) is 5. The van der Waals surface area contributed by atoms with E-state index in [1.165, 1.54) is 11.1 Å². The summed E-state index contributed by atoms with van der Waals surface area (Å²) in [5.74, 6) is -0.669. The summed E-state index contributed by atoms with van der Waals surface area (Å²) in [5, 5.41) is 27.6. The molecule has 0 bridgehead atoms. The van der Waals surface area contributed by atoms with Gasteiger partial charge in [-0.1, -0.05) is 43.1 Å². The summed E-state index contributed by atoms with van der Waals surface area (Å²) >= 11 is 0. The normalized spacial score (nSPS) is 11.7. The highest BCUT2D eigenvalue weighted by Gasteiger charge is 2.22. The predicted octanol–water partition coefficient (Wildman–Crippen LogP) is 5.41. The van der Waals surface area contributed by atoms with Gasteiger partial charge < -0.3 is 14.6 Å². The van der Waals surface area contributed by atoms with Gasteiger partial charge in [0.15, 0.2) is 0 Å². The minimum atomic E-state index is -0.677. The molecule has 158 valence electrons. The minimum absolute atomic E-state index is 0.0454. The highest BCUT2D eigenvalue weighted by Crippen LogP contribution is 2.40. The van der Waals surface area contributed by atoms with Gasteiger partial charge in [-0.05, 0) is 64.5 Å². The molecule has 0 aliphatic heterocycles. The largest absolute Gasteiger partial charge is 0.508 e. The molecule has 0 saturated carbocycles. The number of benzene rings is 1. The summed E-state index contributed by atoms with van der Waals surface area (Å²) in [6.45, 7) is 8.30. The summed E-state index contributed by atoms with van der Waals surface area (Å²) in [4.78, 5) is 11.4. The number of allylic oxidation sites excluding steroid dienone is 4. The first-order valence-corrected chi connectivity index (χ1v) is 10.2. The van der Waals surface area contributed by atoms with E-state index in [1.54, 1.807) is 6.07 Å². The number of nitrogens with one attached hydrogen (secondary N) is 1. The van der Waals surface area contributed by atoms with E-state index in [-0.39, 0.29) is 17.4 Å². The van der Waals surface area contributed by atoms with Crippen molar-refractivity contribution in [2.45, 2.75) is 72.6 Å². The molecule has 29 heavy (non-hydrogen) atoms. The summed E-state index contributed by atoms with van der Waals surface area (Å²) in [5.41, 5.74) is 3.98. The third-order valence-electron chi connectivity index (χ3n) is 4.91. The van der Waals surface area contributed by atoms with Gasteiger partial charge in [0.25, 0.3) is 5.89 Å². The third kappa shape index (κ3) is 6.38. The van der Waals surface area contributed by atoms with Crippen molar-refractivity contribution in [3.63, 3.8) is 0 Å². The van der Waals surface area contributed by atoms with Crippen LogP contribution in [0.25, 0.3) is 11.5 Å². The molecule has 0 saturated heterocycles. The smallest absolute Gasteiger partial charge is 0.434 e. The van der Waals surface area contributed by atoms with Gasteiger partial charge >= 0.3 is 5.76 Å². The van der Waals surface area contributed by atoms with E-state index in [0.717, 1.165) is 37.7 Å². The highest BCUT2D eigenvalue weighted by molar-refractivity contribution is 5.72. The average molecular weight is 401 g/mol.